The zero-order valence-corrected chi connectivity index (χ0v) is 13.1. The third-order valence-corrected chi connectivity index (χ3v) is 4.09. The lowest BCUT2D eigenvalue weighted by Gasteiger charge is -2.15. The molecule has 0 nitrogen and oxygen atoms in total. The molecule has 0 fully saturated rings. The molecule has 4 heteroatoms. The van der Waals surface area contributed by atoms with E-state index in [0.717, 1.165) is 10.0 Å². The summed E-state index contributed by atoms with van der Waals surface area (Å²) < 4.78 is 14.6. The van der Waals surface area contributed by atoms with E-state index >= 15 is 0 Å². The molecule has 0 saturated carbocycles. The van der Waals surface area contributed by atoms with Crippen LogP contribution in [0.5, 0.6) is 0 Å². The lowest BCUT2D eigenvalue weighted by molar-refractivity contribution is 0.597. The van der Waals surface area contributed by atoms with Gasteiger partial charge in [-0.25, -0.2) is 4.39 Å². The van der Waals surface area contributed by atoms with Gasteiger partial charge in [-0.05, 0) is 41.8 Å². The van der Waals surface area contributed by atoms with Gasteiger partial charge in [0, 0.05) is 21.3 Å². The summed E-state index contributed by atoms with van der Waals surface area (Å²) >= 11 is 15.2. The second-order valence-electron chi connectivity index (χ2n) is 4.35. The number of hydrogen-bond donors (Lipinski definition) is 0. The normalized spacial score (nSPS) is 12.4. The molecule has 2 rings (SSSR count). The first-order valence-electron chi connectivity index (χ1n) is 5.85. The van der Waals surface area contributed by atoms with E-state index in [1.807, 2.05) is 30.3 Å². The Morgan fingerprint density at radius 3 is 2.58 bits per heavy atom. The van der Waals surface area contributed by atoms with E-state index < -0.39 is 0 Å². The average molecular weight is 362 g/mol. The van der Waals surface area contributed by atoms with Crippen molar-refractivity contribution in [1.82, 2.24) is 0 Å². The Labute approximate surface area is 130 Å². The van der Waals surface area contributed by atoms with Crippen molar-refractivity contribution >= 4 is 39.1 Å². The third-order valence-electron chi connectivity index (χ3n) is 2.99. The molecule has 0 aromatic heterocycles. The second-order valence-corrected chi connectivity index (χ2v) is 6.01. The molecular weight excluding hydrogens is 350 g/mol. The Kier molecular flexibility index (Phi) is 5.26. The van der Waals surface area contributed by atoms with Gasteiger partial charge in [-0.3, -0.25) is 0 Å². The predicted octanol–water partition coefficient (Wildman–Crippen LogP) is 5.81. The largest absolute Gasteiger partial charge is 0.207 e. The summed E-state index contributed by atoms with van der Waals surface area (Å²) in [7, 11) is 0. The Bertz CT molecular complexity index is 572. The van der Waals surface area contributed by atoms with Crippen LogP contribution in [0.1, 0.15) is 17.0 Å². The van der Waals surface area contributed by atoms with Crippen LogP contribution < -0.4 is 0 Å². The fourth-order valence-corrected chi connectivity index (χ4v) is 2.79. The van der Waals surface area contributed by atoms with E-state index in [0.29, 0.717) is 22.9 Å². The third kappa shape index (κ3) is 3.95. The molecule has 0 N–H and O–H groups in total. The van der Waals surface area contributed by atoms with Crippen molar-refractivity contribution < 1.29 is 4.39 Å². The first-order valence-corrected chi connectivity index (χ1v) is 7.56. The molecule has 1 unspecified atom stereocenters. The van der Waals surface area contributed by atoms with Gasteiger partial charge in [-0.15, -0.1) is 11.6 Å². The molecule has 0 aliphatic carbocycles. The molecule has 0 bridgehead atoms. The lowest BCUT2D eigenvalue weighted by atomic mass is 9.93. The topological polar surface area (TPSA) is 0 Å². The minimum Gasteiger partial charge on any atom is -0.207 e. The molecular formula is C15H12BrCl2F. The Hall–Kier alpha value is -0.570. The molecule has 19 heavy (non-hydrogen) atoms. The van der Waals surface area contributed by atoms with Crippen LogP contribution in [0.3, 0.4) is 0 Å². The van der Waals surface area contributed by atoms with Crippen molar-refractivity contribution in [3.63, 3.8) is 0 Å². The fourth-order valence-electron chi connectivity index (χ4n) is 1.97. The van der Waals surface area contributed by atoms with Gasteiger partial charge in [-0.2, -0.15) is 0 Å². The van der Waals surface area contributed by atoms with E-state index in [4.69, 9.17) is 23.2 Å². The molecule has 0 heterocycles. The van der Waals surface area contributed by atoms with Crippen LogP contribution in [0.15, 0.2) is 46.9 Å². The number of halogens is 4. The Morgan fingerprint density at radius 1 is 1.16 bits per heavy atom. The SMILES string of the molecule is Fc1cc(Br)ccc1CC(CCl)c1cccc(Cl)c1. The van der Waals surface area contributed by atoms with Gasteiger partial charge >= 0.3 is 0 Å². The molecule has 1 atom stereocenters. The van der Waals surface area contributed by atoms with Crippen LogP contribution in [0.25, 0.3) is 0 Å². The highest BCUT2D eigenvalue weighted by atomic mass is 79.9. The summed E-state index contributed by atoms with van der Waals surface area (Å²) in [5, 5.41) is 0.670. The van der Waals surface area contributed by atoms with Crippen LogP contribution in [0.2, 0.25) is 5.02 Å². The zero-order chi connectivity index (χ0) is 13.8. The van der Waals surface area contributed by atoms with Gasteiger partial charge in [0.05, 0.1) is 0 Å². The minimum absolute atomic E-state index is 0.0519. The van der Waals surface area contributed by atoms with Crippen molar-refractivity contribution in [2.24, 2.45) is 0 Å². The molecule has 0 spiro atoms. The van der Waals surface area contributed by atoms with Crippen LogP contribution >= 0.6 is 39.1 Å². The molecule has 2 aromatic rings. The monoisotopic (exact) mass is 360 g/mol. The first kappa shape index (κ1) is 14.8. The van der Waals surface area contributed by atoms with Crippen molar-refractivity contribution in [3.8, 4) is 0 Å². The molecule has 2 aromatic carbocycles. The van der Waals surface area contributed by atoms with Crippen molar-refractivity contribution in [2.45, 2.75) is 12.3 Å². The highest BCUT2D eigenvalue weighted by Gasteiger charge is 2.14. The summed E-state index contributed by atoms with van der Waals surface area (Å²) in [6, 6.07) is 12.6. The average Bonchev–Trinajstić information content (AvgIpc) is 2.38. The van der Waals surface area contributed by atoms with Gasteiger partial charge in [0.2, 0.25) is 0 Å². The molecule has 0 radical (unpaired) electrons. The maximum Gasteiger partial charge on any atom is 0.127 e. The highest BCUT2D eigenvalue weighted by molar-refractivity contribution is 9.10. The van der Waals surface area contributed by atoms with Gasteiger partial charge in [-0.1, -0.05) is 45.7 Å². The summed E-state index contributed by atoms with van der Waals surface area (Å²) in [4.78, 5) is 0. The van der Waals surface area contributed by atoms with E-state index in [1.165, 1.54) is 6.07 Å². The van der Waals surface area contributed by atoms with E-state index in [9.17, 15) is 4.39 Å². The minimum atomic E-state index is -0.216. The zero-order valence-electron chi connectivity index (χ0n) is 10.0. The van der Waals surface area contributed by atoms with Gasteiger partial charge in [0.25, 0.3) is 0 Å². The molecule has 0 amide bonds. The van der Waals surface area contributed by atoms with Crippen molar-refractivity contribution in [3.05, 3.63) is 68.9 Å². The second kappa shape index (κ2) is 6.74. The smallest absolute Gasteiger partial charge is 0.127 e. The molecule has 0 aliphatic rings. The maximum absolute atomic E-state index is 13.8. The van der Waals surface area contributed by atoms with E-state index in [2.05, 4.69) is 15.9 Å². The van der Waals surface area contributed by atoms with Crippen LogP contribution in [0, 0.1) is 5.82 Å². The summed E-state index contributed by atoms with van der Waals surface area (Å²) in [5.74, 6) is 0.262. The van der Waals surface area contributed by atoms with Crippen molar-refractivity contribution in [1.29, 1.82) is 0 Å². The van der Waals surface area contributed by atoms with Crippen LogP contribution in [-0.2, 0) is 6.42 Å². The quantitative estimate of drug-likeness (QED) is 0.603. The van der Waals surface area contributed by atoms with Gasteiger partial charge < -0.3 is 0 Å². The molecule has 0 aliphatic heterocycles. The maximum atomic E-state index is 13.8. The Balaban J connectivity index is 2.24. The van der Waals surface area contributed by atoms with Gasteiger partial charge in [0.15, 0.2) is 0 Å². The van der Waals surface area contributed by atoms with E-state index in [-0.39, 0.29) is 11.7 Å². The van der Waals surface area contributed by atoms with Crippen molar-refractivity contribution in [2.75, 3.05) is 5.88 Å². The Morgan fingerprint density at radius 2 is 1.95 bits per heavy atom. The highest BCUT2D eigenvalue weighted by Crippen LogP contribution is 2.26. The lowest BCUT2D eigenvalue weighted by Crippen LogP contribution is -2.06. The fraction of sp³-hybridized carbons (Fsp3) is 0.200. The van der Waals surface area contributed by atoms with E-state index in [1.54, 1.807) is 6.07 Å². The first-order chi connectivity index (χ1) is 9.10. The number of hydrogen-bond acceptors (Lipinski definition) is 0. The summed E-state index contributed by atoms with van der Waals surface area (Å²) in [6.07, 6.45) is 0.558. The van der Waals surface area contributed by atoms with Gasteiger partial charge in [0.1, 0.15) is 5.82 Å². The number of benzene rings is 2. The molecule has 0 saturated heterocycles. The number of rotatable bonds is 4. The molecule has 100 valence electrons. The summed E-state index contributed by atoms with van der Waals surface area (Å²) in [6.45, 7) is 0. The number of alkyl halides is 1. The van der Waals surface area contributed by atoms with Crippen LogP contribution in [0.4, 0.5) is 4.39 Å². The summed E-state index contributed by atoms with van der Waals surface area (Å²) in [5.41, 5.74) is 1.69. The predicted molar refractivity (Wildman–Crippen MR) is 82.7 cm³/mol. The van der Waals surface area contributed by atoms with Crippen LogP contribution in [-0.4, -0.2) is 5.88 Å². The standard InChI is InChI=1S/C15H12BrCl2F/c16-13-5-4-11(15(19)8-13)6-12(9-17)10-2-1-3-14(18)7-10/h1-5,7-8,12H,6,9H2.